The number of Topliss-reactive ketones (excluding diaryl/α,β-unsaturated/α-hetero) is 1. The van der Waals surface area contributed by atoms with Crippen LogP contribution in [0.4, 0.5) is 0 Å². The summed E-state index contributed by atoms with van der Waals surface area (Å²) in [5.74, 6) is 0.612. The summed E-state index contributed by atoms with van der Waals surface area (Å²) in [6, 6.07) is 10.5. The van der Waals surface area contributed by atoms with Crippen LogP contribution in [0.5, 0.6) is 0 Å². The third-order valence-corrected chi connectivity index (χ3v) is 7.78. The summed E-state index contributed by atoms with van der Waals surface area (Å²) in [6.45, 7) is 7.25. The number of benzene rings is 1. The summed E-state index contributed by atoms with van der Waals surface area (Å²) >= 11 is 0. The first-order chi connectivity index (χ1) is 13.5. The lowest BCUT2D eigenvalue weighted by molar-refractivity contribution is -0.115. The van der Waals surface area contributed by atoms with Crippen molar-refractivity contribution in [3.8, 4) is 0 Å². The molecule has 3 heteroatoms. The Hall–Kier alpha value is -1.71. The van der Waals surface area contributed by atoms with E-state index in [1.165, 1.54) is 22.3 Å². The van der Waals surface area contributed by atoms with Crippen LogP contribution in [0.3, 0.4) is 0 Å². The number of hydrogen-bond donors (Lipinski definition) is 1. The van der Waals surface area contributed by atoms with Gasteiger partial charge in [-0.05, 0) is 55.0 Å². The van der Waals surface area contributed by atoms with E-state index in [1.54, 1.807) is 0 Å². The quantitative estimate of drug-likeness (QED) is 0.509. The molecule has 1 aliphatic heterocycles. The van der Waals surface area contributed by atoms with Crippen molar-refractivity contribution in [3.63, 3.8) is 0 Å². The van der Waals surface area contributed by atoms with Gasteiger partial charge in [-0.25, -0.2) is 0 Å². The van der Waals surface area contributed by atoms with Crippen molar-refractivity contribution in [1.29, 1.82) is 0 Å². The Bertz CT molecular complexity index is 830. The van der Waals surface area contributed by atoms with E-state index in [0.29, 0.717) is 29.9 Å². The number of rotatable bonds is 8. The predicted octanol–water partition coefficient (Wildman–Crippen LogP) is 6.32. The van der Waals surface area contributed by atoms with Crippen LogP contribution in [0.1, 0.15) is 59.4 Å². The largest absolute Gasteiger partial charge is 0.330 e. The van der Waals surface area contributed by atoms with Crippen LogP contribution >= 0.6 is 10.5 Å². The van der Waals surface area contributed by atoms with Crippen LogP contribution in [0.2, 0.25) is 0 Å². The molecule has 2 nitrogen and oxygen atoms in total. The Labute approximate surface area is 179 Å². The number of hydrogen-bond acceptors (Lipinski definition) is 2. The fraction of sp³-hybridized carbons (Fsp3) is 0.423. The summed E-state index contributed by atoms with van der Waals surface area (Å²) < 4.78 is 0. The number of ketones is 1. The minimum absolute atomic E-state index is 0. The van der Waals surface area contributed by atoms with E-state index < -0.39 is 0 Å². The average molecular weight is 411 g/mol. The Balaban J connectivity index is 0.00000300. The van der Waals surface area contributed by atoms with Gasteiger partial charge in [0.05, 0.1) is 0 Å². The lowest BCUT2D eigenvalue weighted by Gasteiger charge is -2.25. The molecular formula is C26H36NOS. The molecule has 0 aromatic heterocycles. The minimum atomic E-state index is -0.0447. The lowest BCUT2D eigenvalue weighted by Crippen LogP contribution is -2.17. The zero-order valence-electron chi connectivity index (χ0n) is 17.3. The van der Waals surface area contributed by atoms with Gasteiger partial charge in [0.1, 0.15) is 5.25 Å². The van der Waals surface area contributed by atoms with Crippen LogP contribution < -0.4 is 5.73 Å². The van der Waals surface area contributed by atoms with Crippen LogP contribution in [-0.2, 0) is 4.79 Å². The molecule has 0 amide bonds. The van der Waals surface area contributed by atoms with Gasteiger partial charge in [0.15, 0.2) is 5.78 Å². The molecule has 157 valence electrons. The summed E-state index contributed by atoms with van der Waals surface area (Å²) in [5.41, 5.74) is 10.8. The second-order valence-corrected chi connectivity index (χ2v) is 10.5. The Morgan fingerprint density at radius 1 is 1.21 bits per heavy atom. The molecule has 1 radical (unpaired) electrons. The first-order valence-corrected chi connectivity index (χ1v) is 11.6. The van der Waals surface area contributed by atoms with E-state index in [-0.39, 0.29) is 17.9 Å². The molecule has 3 rings (SSSR count). The normalized spacial score (nSPS) is 21.8. The van der Waals surface area contributed by atoms with Crippen LogP contribution in [0, 0.1) is 11.2 Å². The number of carbonyl (C=O) groups is 1. The summed E-state index contributed by atoms with van der Waals surface area (Å²) in [6.07, 6.45) is 10.2. The van der Waals surface area contributed by atoms with E-state index >= 15 is 0 Å². The van der Waals surface area contributed by atoms with Crippen molar-refractivity contribution < 1.29 is 4.79 Å². The topological polar surface area (TPSA) is 43.1 Å². The first kappa shape index (κ1) is 23.6. The van der Waals surface area contributed by atoms with Gasteiger partial charge in [0.2, 0.25) is 0 Å². The SMILES string of the molecule is C.CC1=C[C](C(=O)CC2=CC(c3ccccc3)=CC2CCCN)S(C(C)C)=CC1. The molecule has 0 saturated carbocycles. The van der Waals surface area contributed by atoms with E-state index in [0.717, 1.165) is 24.5 Å². The summed E-state index contributed by atoms with van der Waals surface area (Å²) in [7, 11) is -0.0447. The van der Waals surface area contributed by atoms with Crippen molar-refractivity contribution in [2.75, 3.05) is 6.54 Å². The van der Waals surface area contributed by atoms with E-state index in [4.69, 9.17) is 5.73 Å². The first-order valence-electron chi connectivity index (χ1n) is 10.3. The van der Waals surface area contributed by atoms with Crippen molar-refractivity contribution in [1.82, 2.24) is 0 Å². The third-order valence-electron chi connectivity index (χ3n) is 5.39. The van der Waals surface area contributed by atoms with Crippen molar-refractivity contribution in [2.24, 2.45) is 11.7 Å². The van der Waals surface area contributed by atoms with Crippen molar-refractivity contribution >= 4 is 27.2 Å². The van der Waals surface area contributed by atoms with Crippen LogP contribution in [0.15, 0.2) is 59.7 Å². The summed E-state index contributed by atoms with van der Waals surface area (Å²) in [5, 5.41) is 3.84. The van der Waals surface area contributed by atoms with E-state index in [9.17, 15) is 4.79 Å². The highest BCUT2D eigenvalue weighted by molar-refractivity contribution is 8.18. The third kappa shape index (κ3) is 5.90. The molecule has 0 saturated heterocycles. The predicted molar refractivity (Wildman–Crippen MR) is 131 cm³/mol. The molecule has 1 heterocycles. The van der Waals surface area contributed by atoms with Crippen LogP contribution in [0.25, 0.3) is 5.57 Å². The van der Waals surface area contributed by atoms with Gasteiger partial charge < -0.3 is 5.73 Å². The molecule has 2 unspecified atom stereocenters. The maximum Gasteiger partial charge on any atom is 0.158 e. The molecule has 2 atom stereocenters. The van der Waals surface area contributed by atoms with Crippen LogP contribution in [-0.4, -0.2) is 22.9 Å². The van der Waals surface area contributed by atoms with Gasteiger partial charge >= 0.3 is 0 Å². The zero-order chi connectivity index (χ0) is 20.1. The number of carbonyl (C=O) groups excluding carboxylic acids is 1. The maximum absolute atomic E-state index is 13.3. The second kappa shape index (κ2) is 10.9. The standard InChI is InChI=1S/C25H32NOS.CH4/c1-18(2)28-13-11-19(3)14-25(28)24(27)17-23-16-22(15-21(23)10-7-12-26)20-8-5-4-6-9-20;/h4-6,8-9,13-16,18,21H,7,10-12,17,26H2,1-3H3;1H4. The second-order valence-electron chi connectivity index (χ2n) is 7.99. The van der Waals surface area contributed by atoms with Gasteiger partial charge in [-0.3, -0.25) is 4.79 Å². The fourth-order valence-corrected chi connectivity index (χ4v) is 6.06. The highest BCUT2D eigenvalue weighted by Crippen LogP contribution is 2.42. The van der Waals surface area contributed by atoms with Gasteiger partial charge in [0.25, 0.3) is 0 Å². The molecular weight excluding hydrogens is 374 g/mol. The van der Waals surface area contributed by atoms with Gasteiger partial charge in [-0.15, -0.1) is 0 Å². The molecule has 2 N–H and O–H groups in total. The molecule has 0 bridgehead atoms. The Morgan fingerprint density at radius 2 is 1.93 bits per heavy atom. The molecule has 0 fully saturated rings. The minimum Gasteiger partial charge on any atom is -0.330 e. The molecule has 1 aromatic rings. The van der Waals surface area contributed by atoms with Gasteiger partial charge in [0, 0.05) is 6.42 Å². The average Bonchev–Trinajstić information content (AvgIpc) is 3.09. The zero-order valence-corrected chi connectivity index (χ0v) is 18.1. The molecule has 0 spiro atoms. The Kier molecular flexibility index (Phi) is 8.85. The van der Waals surface area contributed by atoms with E-state index in [2.05, 4.69) is 68.6 Å². The van der Waals surface area contributed by atoms with Crippen molar-refractivity contribution in [3.05, 3.63) is 70.5 Å². The molecule has 29 heavy (non-hydrogen) atoms. The molecule has 1 aromatic carbocycles. The smallest absolute Gasteiger partial charge is 0.158 e. The molecule has 2 aliphatic rings. The van der Waals surface area contributed by atoms with Crippen molar-refractivity contribution in [2.45, 2.75) is 59.1 Å². The maximum atomic E-state index is 13.3. The van der Waals surface area contributed by atoms with Gasteiger partial charge in [-0.1, -0.05) is 86.3 Å². The lowest BCUT2D eigenvalue weighted by atomic mass is 9.92. The summed E-state index contributed by atoms with van der Waals surface area (Å²) in [4.78, 5) is 13.3. The fourth-order valence-electron chi connectivity index (χ4n) is 3.87. The van der Waals surface area contributed by atoms with Gasteiger partial charge in [-0.2, -0.15) is 10.5 Å². The Morgan fingerprint density at radius 3 is 2.59 bits per heavy atom. The highest BCUT2D eigenvalue weighted by atomic mass is 32.2. The van der Waals surface area contributed by atoms with E-state index in [1.807, 2.05) is 6.07 Å². The monoisotopic (exact) mass is 410 g/mol. The number of nitrogens with two attached hydrogens (primary N) is 1. The number of allylic oxidation sites excluding steroid dienone is 5. The highest BCUT2D eigenvalue weighted by Gasteiger charge is 2.29. The molecule has 1 aliphatic carbocycles.